The van der Waals surface area contributed by atoms with Crippen molar-refractivity contribution in [3.8, 4) is 27.9 Å². The SMILES string of the molecule is Cc1cc(C)c(N2c3c[n+](-c4cc5c6c(c4)N(c4ccccc4)c4cnccc4B6n4c6ccccc6c6cccc-5c64)ccc3B3c4c(cccc42)-c2cccc4c5ccccc5n3c24)c(C)c1. The summed E-state index contributed by atoms with van der Waals surface area (Å²) in [6.07, 6.45) is 8.77. The first-order valence-electron chi connectivity index (χ1n) is 24.1. The summed E-state index contributed by atoms with van der Waals surface area (Å²) in [4.78, 5) is 9.84. The van der Waals surface area contributed by atoms with Gasteiger partial charge in [0.25, 0.3) is 0 Å². The Kier molecular flexibility index (Phi) is 7.22. The highest BCUT2D eigenvalue weighted by Crippen LogP contribution is 2.48. The van der Waals surface area contributed by atoms with Crippen LogP contribution in [0.1, 0.15) is 16.7 Å². The van der Waals surface area contributed by atoms with Crippen molar-refractivity contribution in [3.63, 3.8) is 0 Å². The van der Waals surface area contributed by atoms with Gasteiger partial charge in [-0.15, -0.1) is 0 Å². The van der Waals surface area contributed by atoms with E-state index in [0.717, 1.165) is 22.7 Å². The lowest BCUT2D eigenvalue weighted by molar-refractivity contribution is -0.594. The maximum atomic E-state index is 4.81. The number of hydrogen-bond donors (Lipinski definition) is 0. The highest BCUT2D eigenvalue weighted by molar-refractivity contribution is 6.91. The molecule has 0 N–H and O–H groups in total. The van der Waals surface area contributed by atoms with Gasteiger partial charge in [0.05, 0.1) is 23.3 Å². The summed E-state index contributed by atoms with van der Waals surface area (Å²) >= 11 is 0. The quantitative estimate of drug-likeness (QED) is 0.131. The number of benzene rings is 8. The van der Waals surface area contributed by atoms with Crippen molar-refractivity contribution >= 4 is 113 Å². The molecule has 16 rings (SSSR count). The molecule has 0 spiro atoms. The van der Waals surface area contributed by atoms with Crippen molar-refractivity contribution in [1.82, 2.24) is 13.9 Å². The monoisotopic (exact) mass is 879 g/mol. The third-order valence-corrected chi connectivity index (χ3v) is 15.9. The van der Waals surface area contributed by atoms with Crippen LogP contribution in [0.4, 0.5) is 34.1 Å². The zero-order chi connectivity index (χ0) is 45.4. The number of para-hydroxylation sites is 5. The molecule has 0 bridgehead atoms. The molecule has 320 valence electrons. The van der Waals surface area contributed by atoms with E-state index in [1.54, 1.807) is 0 Å². The second-order valence-electron chi connectivity index (χ2n) is 19.5. The van der Waals surface area contributed by atoms with Crippen molar-refractivity contribution in [2.45, 2.75) is 20.8 Å². The minimum atomic E-state index is -0.0519. The van der Waals surface area contributed by atoms with Crippen LogP contribution in [0, 0.1) is 20.8 Å². The van der Waals surface area contributed by atoms with Crippen LogP contribution in [0.25, 0.3) is 71.6 Å². The predicted molar refractivity (Wildman–Crippen MR) is 287 cm³/mol. The number of aromatic nitrogens is 4. The lowest BCUT2D eigenvalue weighted by Gasteiger charge is -2.40. The normalized spacial score (nSPS) is 13.6. The lowest BCUT2D eigenvalue weighted by Crippen LogP contribution is -2.58. The first kappa shape index (κ1) is 37.5. The minimum absolute atomic E-state index is 0.0389. The van der Waals surface area contributed by atoms with Crippen LogP contribution in [-0.4, -0.2) is 27.6 Å². The zero-order valence-corrected chi connectivity index (χ0v) is 38.3. The molecule has 69 heavy (non-hydrogen) atoms. The summed E-state index contributed by atoms with van der Waals surface area (Å²) in [6, 6.07) is 63.7. The van der Waals surface area contributed by atoms with Crippen LogP contribution in [0.5, 0.6) is 0 Å². The van der Waals surface area contributed by atoms with Crippen molar-refractivity contribution < 1.29 is 4.57 Å². The molecule has 0 amide bonds. The number of fused-ring (bicyclic) bond motifs is 14. The van der Waals surface area contributed by atoms with Gasteiger partial charge in [-0.3, -0.25) is 4.98 Å². The fraction of sp³-hybridized carbons (Fsp3) is 0.0492. The van der Waals surface area contributed by atoms with E-state index in [9.17, 15) is 0 Å². The molecular weight excluding hydrogens is 838 g/mol. The molecule has 12 aromatic rings. The van der Waals surface area contributed by atoms with Gasteiger partial charge in [-0.1, -0.05) is 121 Å². The molecule has 0 radical (unpaired) electrons. The molecule has 0 fully saturated rings. The molecule has 0 unspecified atom stereocenters. The Balaban J connectivity index is 1.01. The van der Waals surface area contributed by atoms with Crippen molar-refractivity contribution in [2.24, 2.45) is 0 Å². The summed E-state index contributed by atoms with van der Waals surface area (Å²) < 4.78 is 7.64. The van der Waals surface area contributed by atoms with Crippen molar-refractivity contribution in [2.75, 3.05) is 9.80 Å². The van der Waals surface area contributed by atoms with Gasteiger partial charge in [-0.25, -0.2) is 0 Å². The molecular formula is C61H41B2N6+. The summed E-state index contributed by atoms with van der Waals surface area (Å²) in [5.41, 5.74) is 27.2. The summed E-state index contributed by atoms with van der Waals surface area (Å²) in [5.74, 6) is 0. The fourth-order valence-corrected chi connectivity index (χ4v) is 13.4. The maximum Gasteiger partial charge on any atom is 0.333 e. The Labute approximate surface area is 399 Å². The van der Waals surface area contributed by atoms with E-state index in [1.165, 1.54) is 121 Å². The highest BCUT2D eigenvalue weighted by Gasteiger charge is 2.46. The van der Waals surface area contributed by atoms with Crippen LogP contribution in [0.3, 0.4) is 0 Å². The number of rotatable bonds is 3. The average molecular weight is 880 g/mol. The van der Waals surface area contributed by atoms with Gasteiger partial charge in [0.15, 0.2) is 12.4 Å². The van der Waals surface area contributed by atoms with Gasteiger partial charge >= 0.3 is 13.7 Å². The van der Waals surface area contributed by atoms with E-state index < -0.39 is 0 Å². The Morgan fingerprint density at radius 2 is 1.06 bits per heavy atom. The van der Waals surface area contributed by atoms with Gasteiger partial charge in [0.1, 0.15) is 5.69 Å². The molecule has 8 aromatic carbocycles. The van der Waals surface area contributed by atoms with Gasteiger partial charge in [0.2, 0.25) is 5.69 Å². The van der Waals surface area contributed by atoms with Crippen molar-refractivity contribution in [3.05, 3.63) is 211 Å². The second-order valence-corrected chi connectivity index (χ2v) is 19.5. The molecule has 4 aromatic heterocycles. The van der Waals surface area contributed by atoms with Gasteiger partial charge < -0.3 is 18.8 Å². The van der Waals surface area contributed by atoms with Crippen LogP contribution >= 0.6 is 0 Å². The molecule has 8 heteroatoms. The predicted octanol–water partition coefficient (Wildman–Crippen LogP) is 11.3. The van der Waals surface area contributed by atoms with Crippen LogP contribution in [0.2, 0.25) is 0 Å². The second kappa shape index (κ2) is 13.3. The first-order chi connectivity index (χ1) is 34.0. The fourth-order valence-electron chi connectivity index (χ4n) is 13.4. The molecule has 6 nitrogen and oxygen atoms in total. The maximum absolute atomic E-state index is 4.81. The van der Waals surface area contributed by atoms with Gasteiger partial charge in [0, 0.05) is 90.5 Å². The highest BCUT2D eigenvalue weighted by atomic mass is 15.2. The Morgan fingerprint density at radius 1 is 0.464 bits per heavy atom. The number of anilines is 6. The van der Waals surface area contributed by atoms with Gasteiger partial charge in [-0.2, -0.15) is 4.57 Å². The first-order valence-corrected chi connectivity index (χ1v) is 24.1. The smallest absolute Gasteiger partial charge is 0.333 e. The summed E-state index contributed by atoms with van der Waals surface area (Å²) in [5, 5.41) is 5.15. The van der Waals surface area contributed by atoms with Crippen LogP contribution in [0.15, 0.2) is 195 Å². The van der Waals surface area contributed by atoms with E-state index in [0.29, 0.717) is 0 Å². The Morgan fingerprint density at radius 3 is 1.77 bits per heavy atom. The van der Waals surface area contributed by atoms with Crippen LogP contribution in [-0.2, 0) is 0 Å². The molecule has 0 aliphatic carbocycles. The van der Waals surface area contributed by atoms with E-state index >= 15 is 0 Å². The third kappa shape index (κ3) is 4.73. The molecule has 0 saturated carbocycles. The molecule has 8 heterocycles. The van der Waals surface area contributed by atoms with Crippen LogP contribution < -0.4 is 36.2 Å². The minimum Gasteiger partial charge on any atom is -0.375 e. The van der Waals surface area contributed by atoms with E-state index in [1.807, 2.05) is 6.20 Å². The summed E-state index contributed by atoms with van der Waals surface area (Å²) in [7, 11) is 0. The number of nitrogens with zero attached hydrogens (tertiary/aromatic N) is 6. The molecule has 4 aliphatic heterocycles. The molecule has 0 atom stereocenters. The topological polar surface area (TPSA) is 33.1 Å². The largest absolute Gasteiger partial charge is 0.375 e. The van der Waals surface area contributed by atoms with Crippen molar-refractivity contribution in [1.29, 1.82) is 0 Å². The standard InChI is InChI=1S/C61H41B2N6/c1-36-30-37(2)59(38(3)31-36)67-53-25-13-18-43-46-21-11-19-44-41-16-7-9-23-51(41)68(60(44)46)63(57(43)53)50-27-29-65(35-56(50)67)40-32-48-47-22-12-20-45-42-17-8-10-24-52(42)69(61(45)47)62-49-26-28-64-34-55(49)66(54(33-40)58(48)62)39-14-5-4-6-15-39/h4-35H,1-3H3/q+1. The van der Waals surface area contributed by atoms with E-state index in [4.69, 9.17) is 4.98 Å². The number of pyridine rings is 2. The zero-order valence-electron chi connectivity index (χ0n) is 38.3. The Bertz CT molecular complexity index is 4260. The van der Waals surface area contributed by atoms with Gasteiger partial charge in [-0.05, 0) is 101 Å². The molecule has 0 saturated heterocycles. The lowest BCUT2D eigenvalue weighted by atomic mass is 9.45. The molecule has 4 aliphatic rings. The third-order valence-electron chi connectivity index (χ3n) is 15.9. The van der Waals surface area contributed by atoms with E-state index in [2.05, 4.69) is 233 Å². The van der Waals surface area contributed by atoms with E-state index in [-0.39, 0.29) is 13.7 Å². The Hall–Kier alpha value is -8.61. The summed E-state index contributed by atoms with van der Waals surface area (Å²) in [6.45, 7) is 6.68. The number of aryl methyl sites for hydroxylation is 3. The average Bonchev–Trinajstić information content (AvgIpc) is 3.90. The number of hydrogen-bond acceptors (Lipinski definition) is 3.